The number of nitrogens with one attached hydrogen (secondary N) is 1. The molecule has 13 heteroatoms. The molecule has 218 valence electrons. The maximum Gasteiger partial charge on any atom is 0.417 e. The molecular weight excluding hydrogens is 555 g/mol. The quantitative estimate of drug-likeness (QED) is 0.524. The molecule has 39 heavy (non-hydrogen) atoms. The SMILES string of the molecule is CC(C)(C)OC(=O)NC(C(=O)N1CCSC1)C1CCC(N2CCN(c3ncc(C(F)(F)F)cc3Cl)CC2)CC1. The number of carbonyl (C=O) groups excluding carboxylic acids is 2. The number of amides is 2. The van der Waals surface area contributed by atoms with Crippen LogP contribution in [0.3, 0.4) is 0 Å². The third kappa shape index (κ3) is 7.85. The maximum absolute atomic E-state index is 13.4. The highest BCUT2D eigenvalue weighted by atomic mass is 35.5. The zero-order chi connectivity index (χ0) is 28.4. The van der Waals surface area contributed by atoms with E-state index in [1.807, 2.05) is 9.80 Å². The highest BCUT2D eigenvalue weighted by molar-refractivity contribution is 7.99. The molecule has 0 aromatic carbocycles. The second-order valence-electron chi connectivity index (χ2n) is 11.4. The number of anilines is 1. The van der Waals surface area contributed by atoms with Crippen LogP contribution in [0.4, 0.5) is 23.8 Å². The van der Waals surface area contributed by atoms with Crippen LogP contribution in [0.2, 0.25) is 5.02 Å². The number of carbonyl (C=O) groups is 2. The molecule has 1 aliphatic carbocycles. The molecule has 2 aliphatic heterocycles. The van der Waals surface area contributed by atoms with Crippen LogP contribution in [0.1, 0.15) is 52.0 Å². The Labute approximate surface area is 236 Å². The minimum Gasteiger partial charge on any atom is -0.444 e. The summed E-state index contributed by atoms with van der Waals surface area (Å²) in [7, 11) is 0. The fourth-order valence-corrected chi connectivity index (χ4v) is 6.76. The second-order valence-corrected chi connectivity index (χ2v) is 12.9. The van der Waals surface area contributed by atoms with Gasteiger partial charge < -0.3 is 19.9 Å². The van der Waals surface area contributed by atoms with Gasteiger partial charge in [0, 0.05) is 50.7 Å². The number of halogens is 4. The Bertz CT molecular complexity index is 1020. The molecular formula is C26H37ClF3N5O3S. The average molecular weight is 592 g/mol. The Morgan fingerprint density at radius 2 is 1.77 bits per heavy atom. The summed E-state index contributed by atoms with van der Waals surface area (Å²) in [5.41, 5.74) is -1.51. The Kier molecular flexibility index (Phi) is 9.48. The predicted octanol–water partition coefficient (Wildman–Crippen LogP) is 4.86. The van der Waals surface area contributed by atoms with Crippen LogP contribution in [0.15, 0.2) is 12.3 Å². The normalized spacial score (nSPS) is 24.0. The number of piperazine rings is 1. The van der Waals surface area contributed by atoms with E-state index < -0.39 is 29.5 Å². The van der Waals surface area contributed by atoms with Crippen molar-refractivity contribution in [2.24, 2.45) is 5.92 Å². The topological polar surface area (TPSA) is 78.0 Å². The first-order valence-electron chi connectivity index (χ1n) is 13.4. The summed E-state index contributed by atoms with van der Waals surface area (Å²) < 4.78 is 44.3. The Balaban J connectivity index is 1.32. The van der Waals surface area contributed by atoms with Crippen molar-refractivity contribution in [2.45, 2.75) is 70.3 Å². The standard InChI is InChI=1S/C26H37ClF3N5O3S/c1-25(2,3)38-24(37)32-21(23(36)35-12-13-39-16-35)17-4-6-19(7-5-17)33-8-10-34(11-9-33)22-20(27)14-18(15-31-22)26(28,29)30/h14-15,17,19,21H,4-13,16H2,1-3H3,(H,32,37). The van der Waals surface area contributed by atoms with Crippen LogP contribution in [0, 0.1) is 5.92 Å². The van der Waals surface area contributed by atoms with E-state index in [9.17, 15) is 22.8 Å². The lowest BCUT2D eigenvalue weighted by Gasteiger charge is -2.43. The lowest BCUT2D eigenvalue weighted by Crippen LogP contribution is -2.55. The van der Waals surface area contributed by atoms with Gasteiger partial charge in [-0.1, -0.05) is 11.6 Å². The van der Waals surface area contributed by atoms with Crippen molar-refractivity contribution in [1.82, 2.24) is 20.1 Å². The molecule has 1 atom stereocenters. The number of thioether (sulfide) groups is 1. The van der Waals surface area contributed by atoms with Crippen molar-refractivity contribution in [2.75, 3.05) is 49.3 Å². The van der Waals surface area contributed by atoms with Gasteiger partial charge in [-0.15, -0.1) is 11.8 Å². The summed E-state index contributed by atoms with van der Waals surface area (Å²) in [4.78, 5) is 36.1. The van der Waals surface area contributed by atoms with Gasteiger partial charge in [-0.2, -0.15) is 13.2 Å². The zero-order valence-corrected chi connectivity index (χ0v) is 24.2. The van der Waals surface area contributed by atoms with Crippen molar-refractivity contribution < 1.29 is 27.5 Å². The molecule has 0 spiro atoms. The molecule has 2 amide bonds. The molecule has 1 aromatic rings. The van der Waals surface area contributed by atoms with Gasteiger partial charge in [0.25, 0.3) is 0 Å². The van der Waals surface area contributed by atoms with Crippen LogP contribution in [0.5, 0.6) is 0 Å². The monoisotopic (exact) mass is 591 g/mol. The van der Waals surface area contributed by atoms with Gasteiger partial charge in [-0.3, -0.25) is 9.69 Å². The summed E-state index contributed by atoms with van der Waals surface area (Å²) in [5.74, 6) is 1.91. The first-order valence-corrected chi connectivity index (χ1v) is 14.9. The smallest absolute Gasteiger partial charge is 0.417 e. The second kappa shape index (κ2) is 12.3. The van der Waals surface area contributed by atoms with Crippen LogP contribution in [-0.4, -0.2) is 88.8 Å². The fourth-order valence-electron chi connectivity index (χ4n) is 5.52. The number of aromatic nitrogens is 1. The number of pyridine rings is 1. The molecule has 3 fully saturated rings. The summed E-state index contributed by atoms with van der Waals surface area (Å²) in [6, 6.07) is 0.671. The van der Waals surface area contributed by atoms with Gasteiger partial charge in [0.15, 0.2) is 0 Å². The Morgan fingerprint density at radius 1 is 1.10 bits per heavy atom. The summed E-state index contributed by atoms with van der Waals surface area (Å²) >= 11 is 7.87. The average Bonchev–Trinajstić information content (AvgIpc) is 3.41. The largest absolute Gasteiger partial charge is 0.444 e. The minimum absolute atomic E-state index is 0.00313. The number of nitrogens with zero attached hydrogens (tertiary/aromatic N) is 4. The van der Waals surface area contributed by atoms with E-state index in [1.165, 1.54) is 0 Å². The number of hydrogen-bond acceptors (Lipinski definition) is 7. The number of rotatable bonds is 5. The molecule has 0 radical (unpaired) electrons. The number of alkyl carbamates (subject to hydrolysis) is 1. The molecule has 2 saturated heterocycles. The summed E-state index contributed by atoms with van der Waals surface area (Å²) in [6.07, 6.45) is -0.794. The van der Waals surface area contributed by atoms with E-state index in [1.54, 1.807) is 32.5 Å². The Hall–Kier alpha value is -1.92. The van der Waals surface area contributed by atoms with Crippen molar-refractivity contribution in [3.63, 3.8) is 0 Å². The molecule has 1 saturated carbocycles. The van der Waals surface area contributed by atoms with Gasteiger partial charge in [-0.05, 0) is 58.4 Å². The van der Waals surface area contributed by atoms with E-state index in [0.29, 0.717) is 37.4 Å². The first kappa shape index (κ1) is 30.0. The summed E-state index contributed by atoms with van der Waals surface area (Å²) in [6.45, 7) is 8.81. The van der Waals surface area contributed by atoms with E-state index in [-0.39, 0.29) is 16.8 Å². The van der Waals surface area contributed by atoms with Crippen LogP contribution < -0.4 is 10.2 Å². The third-order valence-corrected chi connectivity index (χ3v) is 8.74. The van der Waals surface area contributed by atoms with E-state index in [0.717, 1.165) is 56.8 Å². The van der Waals surface area contributed by atoms with Crippen molar-refractivity contribution in [3.05, 3.63) is 22.8 Å². The zero-order valence-electron chi connectivity index (χ0n) is 22.6. The number of alkyl halides is 3. The molecule has 1 aromatic heterocycles. The molecule has 1 unspecified atom stereocenters. The van der Waals surface area contributed by atoms with E-state index in [2.05, 4.69) is 15.2 Å². The fraction of sp³-hybridized carbons (Fsp3) is 0.731. The highest BCUT2D eigenvalue weighted by Crippen LogP contribution is 2.35. The van der Waals surface area contributed by atoms with Crippen LogP contribution in [0.25, 0.3) is 0 Å². The number of ether oxygens (including phenoxy) is 1. The summed E-state index contributed by atoms with van der Waals surface area (Å²) in [5, 5.41) is 2.89. The molecule has 4 rings (SSSR count). The predicted molar refractivity (Wildman–Crippen MR) is 146 cm³/mol. The van der Waals surface area contributed by atoms with E-state index in [4.69, 9.17) is 16.3 Å². The molecule has 3 aliphatic rings. The third-order valence-electron chi connectivity index (χ3n) is 7.49. The molecule has 3 heterocycles. The highest BCUT2D eigenvalue weighted by Gasteiger charge is 2.39. The van der Waals surface area contributed by atoms with Gasteiger partial charge >= 0.3 is 12.3 Å². The van der Waals surface area contributed by atoms with Crippen molar-refractivity contribution >= 4 is 41.2 Å². The van der Waals surface area contributed by atoms with Crippen LogP contribution >= 0.6 is 23.4 Å². The lowest BCUT2D eigenvalue weighted by molar-refractivity contribution is -0.137. The van der Waals surface area contributed by atoms with E-state index >= 15 is 0 Å². The molecule has 0 bridgehead atoms. The van der Waals surface area contributed by atoms with Crippen molar-refractivity contribution in [3.8, 4) is 0 Å². The Morgan fingerprint density at radius 3 is 2.31 bits per heavy atom. The van der Waals surface area contributed by atoms with Gasteiger partial charge in [0.2, 0.25) is 5.91 Å². The van der Waals surface area contributed by atoms with Gasteiger partial charge in [-0.25, -0.2) is 9.78 Å². The minimum atomic E-state index is -4.48. The lowest BCUT2D eigenvalue weighted by atomic mass is 9.80. The molecule has 1 N–H and O–H groups in total. The van der Waals surface area contributed by atoms with Gasteiger partial charge in [0.05, 0.1) is 16.5 Å². The van der Waals surface area contributed by atoms with Crippen LogP contribution in [-0.2, 0) is 15.7 Å². The molecule has 8 nitrogen and oxygen atoms in total. The maximum atomic E-state index is 13.4. The number of hydrogen-bond donors (Lipinski definition) is 1. The van der Waals surface area contributed by atoms with Gasteiger partial charge in [0.1, 0.15) is 17.5 Å². The van der Waals surface area contributed by atoms with Crippen molar-refractivity contribution in [1.29, 1.82) is 0 Å². The first-order chi connectivity index (χ1) is 18.3.